The number of rotatable bonds is 4. The summed E-state index contributed by atoms with van der Waals surface area (Å²) in [7, 11) is 1.43. The largest absolute Gasteiger partial charge is 0.494 e. The Balaban J connectivity index is 1.60. The number of aromatic nitrogens is 1. The van der Waals surface area contributed by atoms with Crippen LogP contribution in [0.1, 0.15) is 30.3 Å². The number of hydrogen-bond donors (Lipinski definition) is 0. The lowest BCUT2D eigenvalue weighted by molar-refractivity contribution is -0.132. The maximum atomic E-state index is 13.7. The van der Waals surface area contributed by atoms with Crippen molar-refractivity contribution in [3.8, 4) is 5.75 Å². The Morgan fingerprint density at radius 3 is 2.75 bits per heavy atom. The Bertz CT molecular complexity index is 710. The zero-order valence-corrected chi connectivity index (χ0v) is 14.7. The van der Waals surface area contributed by atoms with Gasteiger partial charge in [0, 0.05) is 30.1 Å². The summed E-state index contributed by atoms with van der Waals surface area (Å²) in [5.74, 6) is -0.193. The second-order valence-corrected chi connectivity index (χ2v) is 7.32. The molecule has 0 N–H and O–H groups in total. The van der Waals surface area contributed by atoms with E-state index >= 15 is 0 Å². The van der Waals surface area contributed by atoms with E-state index < -0.39 is 5.82 Å². The van der Waals surface area contributed by atoms with Crippen molar-refractivity contribution in [3.63, 3.8) is 0 Å². The van der Waals surface area contributed by atoms with Crippen molar-refractivity contribution in [1.29, 1.82) is 0 Å². The Morgan fingerprint density at radius 2 is 2.17 bits per heavy atom. The predicted molar refractivity (Wildman–Crippen MR) is 91.9 cm³/mol. The van der Waals surface area contributed by atoms with Crippen LogP contribution in [0.25, 0.3) is 0 Å². The number of nitrogens with zero attached hydrogens (tertiary/aromatic N) is 2. The van der Waals surface area contributed by atoms with Gasteiger partial charge in [-0.3, -0.25) is 4.79 Å². The number of carbonyl (C=O) groups excluding carboxylic acids is 1. The van der Waals surface area contributed by atoms with Gasteiger partial charge in [0.2, 0.25) is 5.91 Å². The molecule has 1 amide bonds. The molecular formula is C18H21FN2O2S. The summed E-state index contributed by atoms with van der Waals surface area (Å²) in [5, 5.41) is 3.14. The van der Waals surface area contributed by atoms with Gasteiger partial charge in [-0.15, -0.1) is 11.3 Å². The van der Waals surface area contributed by atoms with Gasteiger partial charge in [0.25, 0.3) is 0 Å². The first kappa shape index (κ1) is 16.9. The lowest BCUT2D eigenvalue weighted by atomic mass is 9.81. The number of amides is 1. The molecule has 6 heteroatoms. The molecular weight excluding hydrogens is 327 g/mol. The van der Waals surface area contributed by atoms with Gasteiger partial charge < -0.3 is 9.64 Å². The topological polar surface area (TPSA) is 42.4 Å². The van der Waals surface area contributed by atoms with E-state index in [-0.39, 0.29) is 23.5 Å². The number of halogens is 1. The predicted octanol–water partition coefficient (Wildman–Crippen LogP) is 3.41. The fraction of sp³-hybridized carbons (Fsp3) is 0.444. The number of thiazole rings is 1. The number of methoxy groups -OCH3 is 1. The number of carbonyl (C=O) groups is 1. The number of benzene rings is 1. The highest BCUT2D eigenvalue weighted by Gasteiger charge is 2.35. The number of hydrogen-bond acceptors (Lipinski definition) is 4. The quantitative estimate of drug-likeness (QED) is 0.850. The summed E-state index contributed by atoms with van der Waals surface area (Å²) < 4.78 is 18.7. The zero-order chi connectivity index (χ0) is 17.2. The molecule has 128 valence electrons. The van der Waals surface area contributed by atoms with Crippen LogP contribution in [0.5, 0.6) is 5.75 Å². The first-order valence-corrected chi connectivity index (χ1v) is 8.90. The summed E-state index contributed by atoms with van der Waals surface area (Å²) in [6.45, 7) is 3.65. The van der Waals surface area contributed by atoms with Gasteiger partial charge in [-0.05, 0) is 30.5 Å². The van der Waals surface area contributed by atoms with Gasteiger partial charge in [-0.1, -0.05) is 13.0 Å². The van der Waals surface area contributed by atoms with Gasteiger partial charge in [0.15, 0.2) is 11.6 Å². The van der Waals surface area contributed by atoms with Crippen molar-refractivity contribution < 1.29 is 13.9 Å². The Labute approximate surface area is 145 Å². The third-order valence-corrected chi connectivity index (χ3v) is 5.82. The Kier molecular flexibility index (Phi) is 4.85. The summed E-state index contributed by atoms with van der Waals surface area (Å²) >= 11 is 1.68. The molecule has 0 saturated carbocycles. The van der Waals surface area contributed by atoms with Crippen molar-refractivity contribution in [2.75, 3.05) is 20.2 Å². The summed E-state index contributed by atoms with van der Waals surface area (Å²) in [6.07, 6.45) is 3.86. The fourth-order valence-corrected chi connectivity index (χ4v) is 3.95. The molecule has 0 radical (unpaired) electrons. The molecule has 4 nitrogen and oxygen atoms in total. The molecule has 24 heavy (non-hydrogen) atoms. The van der Waals surface area contributed by atoms with Crippen LogP contribution in [-0.2, 0) is 16.6 Å². The maximum absolute atomic E-state index is 13.7. The summed E-state index contributed by atoms with van der Waals surface area (Å²) in [4.78, 5) is 18.8. The molecule has 0 aliphatic carbocycles. The molecule has 1 aliphatic rings. The third-order valence-electron chi connectivity index (χ3n) is 4.74. The smallest absolute Gasteiger partial charge is 0.226 e. The minimum absolute atomic E-state index is 0.0424. The van der Waals surface area contributed by atoms with Crippen molar-refractivity contribution >= 4 is 17.2 Å². The van der Waals surface area contributed by atoms with E-state index in [0.717, 1.165) is 17.8 Å². The first-order chi connectivity index (χ1) is 11.5. The molecule has 1 saturated heterocycles. The van der Waals surface area contributed by atoms with Crippen molar-refractivity contribution in [2.45, 2.75) is 31.6 Å². The van der Waals surface area contributed by atoms with E-state index in [4.69, 9.17) is 4.74 Å². The lowest BCUT2D eigenvalue weighted by Gasteiger charge is -2.38. The monoisotopic (exact) mass is 348 g/mol. The highest BCUT2D eigenvalue weighted by molar-refractivity contribution is 7.09. The van der Waals surface area contributed by atoms with Gasteiger partial charge >= 0.3 is 0 Å². The number of likely N-dealkylation sites (tertiary alicyclic amines) is 1. The average Bonchev–Trinajstić information content (AvgIpc) is 3.11. The standard InChI is InChI=1S/C18H21FN2O2S/c1-18(17-20-7-10-24-17)5-8-21(9-6-18)16(22)12-13-3-4-15(23-2)14(19)11-13/h3-4,7,10-11H,5-6,8-9,12H2,1-2H3. The molecule has 0 spiro atoms. The third kappa shape index (κ3) is 3.43. The van der Waals surface area contributed by atoms with Crippen LogP contribution >= 0.6 is 11.3 Å². The van der Waals surface area contributed by atoms with Crippen LogP contribution in [0.2, 0.25) is 0 Å². The molecule has 0 bridgehead atoms. The molecule has 0 atom stereocenters. The molecule has 0 unspecified atom stereocenters. The van der Waals surface area contributed by atoms with E-state index in [1.165, 1.54) is 13.2 Å². The minimum atomic E-state index is -0.433. The summed E-state index contributed by atoms with van der Waals surface area (Å²) in [5.41, 5.74) is 0.725. The van der Waals surface area contributed by atoms with Crippen LogP contribution in [0.15, 0.2) is 29.8 Å². The fourth-order valence-electron chi connectivity index (χ4n) is 3.09. The molecule has 1 aromatic carbocycles. The zero-order valence-electron chi connectivity index (χ0n) is 13.9. The minimum Gasteiger partial charge on any atom is -0.494 e. The molecule has 3 rings (SSSR count). The maximum Gasteiger partial charge on any atom is 0.226 e. The molecule has 2 heterocycles. The van der Waals surface area contributed by atoms with Gasteiger partial charge in [-0.2, -0.15) is 0 Å². The van der Waals surface area contributed by atoms with Crippen LogP contribution < -0.4 is 4.74 Å². The molecule has 1 fully saturated rings. The van der Waals surface area contributed by atoms with Crippen molar-refractivity contribution in [1.82, 2.24) is 9.88 Å². The van der Waals surface area contributed by atoms with Crippen LogP contribution in [-0.4, -0.2) is 36.0 Å². The highest BCUT2D eigenvalue weighted by Crippen LogP contribution is 2.36. The van der Waals surface area contributed by atoms with Gasteiger partial charge in [0.05, 0.1) is 18.5 Å². The van der Waals surface area contributed by atoms with Crippen LogP contribution in [0, 0.1) is 5.82 Å². The van der Waals surface area contributed by atoms with Crippen LogP contribution in [0.4, 0.5) is 4.39 Å². The highest BCUT2D eigenvalue weighted by atomic mass is 32.1. The van der Waals surface area contributed by atoms with E-state index in [1.807, 2.05) is 16.5 Å². The second-order valence-electron chi connectivity index (χ2n) is 6.42. The van der Waals surface area contributed by atoms with E-state index in [2.05, 4.69) is 11.9 Å². The molecule has 1 aliphatic heterocycles. The Hall–Kier alpha value is -1.95. The van der Waals surface area contributed by atoms with Gasteiger partial charge in [0.1, 0.15) is 0 Å². The summed E-state index contributed by atoms with van der Waals surface area (Å²) in [6, 6.07) is 4.68. The number of piperidine rings is 1. The second kappa shape index (κ2) is 6.89. The first-order valence-electron chi connectivity index (χ1n) is 8.02. The van der Waals surface area contributed by atoms with E-state index in [0.29, 0.717) is 18.7 Å². The lowest BCUT2D eigenvalue weighted by Crippen LogP contribution is -2.44. The molecule has 1 aromatic heterocycles. The van der Waals surface area contributed by atoms with Crippen LogP contribution in [0.3, 0.4) is 0 Å². The van der Waals surface area contributed by atoms with E-state index in [1.54, 1.807) is 23.5 Å². The van der Waals surface area contributed by atoms with Crippen molar-refractivity contribution in [3.05, 3.63) is 46.2 Å². The van der Waals surface area contributed by atoms with Crippen molar-refractivity contribution in [2.24, 2.45) is 0 Å². The molecule has 2 aromatic rings. The SMILES string of the molecule is COc1ccc(CC(=O)N2CCC(C)(c3nccs3)CC2)cc1F. The number of ether oxygens (including phenoxy) is 1. The average molecular weight is 348 g/mol. The Morgan fingerprint density at radius 1 is 1.42 bits per heavy atom. The van der Waals surface area contributed by atoms with Gasteiger partial charge in [-0.25, -0.2) is 9.37 Å². The normalized spacial score (nSPS) is 16.9. The van der Waals surface area contributed by atoms with E-state index in [9.17, 15) is 9.18 Å².